The van der Waals surface area contributed by atoms with Gasteiger partial charge in [0.1, 0.15) is 0 Å². The Hall–Kier alpha value is -1.35. The van der Waals surface area contributed by atoms with Crippen LogP contribution in [0.2, 0.25) is 0 Å². The van der Waals surface area contributed by atoms with Crippen molar-refractivity contribution >= 4 is 27.4 Å². The van der Waals surface area contributed by atoms with Crippen molar-refractivity contribution in [2.24, 2.45) is 5.92 Å². The predicted octanol–water partition coefficient (Wildman–Crippen LogP) is 3.55. The maximum absolute atomic E-state index is 10.7. The molecule has 0 aliphatic carbocycles. The molecule has 0 spiro atoms. The van der Waals surface area contributed by atoms with Crippen LogP contribution in [0.3, 0.4) is 0 Å². The Morgan fingerprint density at radius 3 is 2.88 bits per heavy atom. The van der Waals surface area contributed by atoms with Crippen molar-refractivity contribution in [1.82, 2.24) is 0 Å². The van der Waals surface area contributed by atoms with E-state index in [0.29, 0.717) is 6.42 Å². The molecule has 1 unspecified atom stereocenters. The van der Waals surface area contributed by atoms with Crippen LogP contribution in [0, 0.1) is 5.92 Å². The number of carboxylic acid groups (broad SMARTS) is 1. The Morgan fingerprint density at radius 1 is 1.44 bits per heavy atom. The number of carboxylic acids is 1. The number of aryl methyl sites for hydroxylation is 1. The molecule has 3 heteroatoms. The van der Waals surface area contributed by atoms with Gasteiger partial charge in [0.15, 0.2) is 0 Å². The summed E-state index contributed by atoms with van der Waals surface area (Å²) in [5.74, 6) is -0.966. The first kappa shape index (κ1) is 11.1. The lowest BCUT2D eigenvalue weighted by atomic mass is 10.1. The van der Waals surface area contributed by atoms with Gasteiger partial charge in [0, 0.05) is 9.58 Å². The molecule has 84 valence electrons. The average molecular weight is 234 g/mol. The van der Waals surface area contributed by atoms with Crippen LogP contribution in [0.25, 0.3) is 10.1 Å². The fourth-order valence-corrected chi connectivity index (χ4v) is 2.72. The van der Waals surface area contributed by atoms with Crippen LogP contribution in [0.1, 0.15) is 18.2 Å². The molecule has 0 bridgehead atoms. The fourth-order valence-electron chi connectivity index (χ4n) is 1.64. The van der Waals surface area contributed by atoms with Gasteiger partial charge < -0.3 is 5.11 Å². The Bertz CT molecular complexity index is 468. The third kappa shape index (κ3) is 2.42. The number of carbonyl (C=O) groups is 1. The van der Waals surface area contributed by atoms with Crippen molar-refractivity contribution < 1.29 is 9.90 Å². The average Bonchev–Trinajstić information content (AvgIpc) is 2.68. The Labute approximate surface area is 98.5 Å². The zero-order chi connectivity index (χ0) is 11.5. The summed E-state index contributed by atoms with van der Waals surface area (Å²) in [5.41, 5.74) is 0. The summed E-state index contributed by atoms with van der Waals surface area (Å²) in [7, 11) is 0. The molecule has 0 amide bonds. The van der Waals surface area contributed by atoms with E-state index in [4.69, 9.17) is 5.11 Å². The number of hydrogen-bond donors (Lipinski definition) is 1. The molecule has 1 heterocycles. The third-order valence-electron chi connectivity index (χ3n) is 2.72. The van der Waals surface area contributed by atoms with E-state index in [0.717, 1.165) is 6.42 Å². The summed E-state index contributed by atoms with van der Waals surface area (Å²) < 4.78 is 1.28. The second-order valence-electron chi connectivity index (χ2n) is 4.03. The smallest absolute Gasteiger partial charge is 0.306 e. The molecule has 1 aromatic carbocycles. The molecule has 2 rings (SSSR count). The van der Waals surface area contributed by atoms with E-state index in [1.165, 1.54) is 15.0 Å². The van der Waals surface area contributed by atoms with E-state index in [9.17, 15) is 4.79 Å². The van der Waals surface area contributed by atoms with Gasteiger partial charge >= 0.3 is 5.97 Å². The van der Waals surface area contributed by atoms with E-state index in [1.54, 1.807) is 18.3 Å². The van der Waals surface area contributed by atoms with Crippen molar-refractivity contribution in [3.63, 3.8) is 0 Å². The second-order valence-corrected chi connectivity index (χ2v) is 5.20. The first-order valence-corrected chi connectivity index (χ1v) is 6.19. The van der Waals surface area contributed by atoms with Crippen LogP contribution in [0.15, 0.2) is 30.3 Å². The van der Waals surface area contributed by atoms with Gasteiger partial charge in [-0.2, -0.15) is 0 Å². The number of thiophene rings is 1. The second kappa shape index (κ2) is 4.66. The van der Waals surface area contributed by atoms with Crippen molar-refractivity contribution in [3.8, 4) is 0 Å². The zero-order valence-corrected chi connectivity index (χ0v) is 9.96. The van der Waals surface area contributed by atoms with Gasteiger partial charge in [0.2, 0.25) is 0 Å². The maximum atomic E-state index is 10.7. The van der Waals surface area contributed by atoms with Crippen LogP contribution in [0.4, 0.5) is 0 Å². The summed E-state index contributed by atoms with van der Waals surface area (Å²) in [6, 6.07) is 10.4. The highest BCUT2D eigenvalue weighted by Gasteiger charge is 2.11. The highest BCUT2D eigenvalue weighted by molar-refractivity contribution is 7.19. The zero-order valence-electron chi connectivity index (χ0n) is 9.14. The highest BCUT2D eigenvalue weighted by atomic mass is 32.1. The number of fused-ring (bicyclic) bond motifs is 1. The van der Waals surface area contributed by atoms with Crippen LogP contribution in [-0.2, 0) is 11.2 Å². The van der Waals surface area contributed by atoms with Gasteiger partial charge in [0.25, 0.3) is 0 Å². The molecular formula is C13H14O2S. The van der Waals surface area contributed by atoms with Crippen LogP contribution in [0.5, 0.6) is 0 Å². The van der Waals surface area contributed by atoms with Crippen LogP contribution >= 0.6 is 11.3 Å². The Morgan fingerprint density at radius 2 is 2.19 bits per heavy atom. The summed E-state index contributed by atoms with van der Waals surface area (Å²) >= 11 is 1.76. The van der Waals surface area contributed by atoms with Gasteiger partial charge in [-0.3, -0.25) is 4.79 Å². The van der Waals surface area contributed by atoms with Crippen molar-refractivity contribution in [2.45, 2.75) is 19.8 Å². The van der Waals surface area contributed by atoms with E-state index in [2.05, 4.69) is 18.2 Å². The van der Waals surface area contributed by atoms with Gasteiger partial charge in [-0.15, -0.1) is 11.3 Å². The molecule has 1 aromatic heterocycles. The highest BCUT2D eigenvalue weighted by Crippen LogP contribution is 2.26. The monoisotopic (exact) mass is 234 g/mol. The lowest BCUT2D eigenvalue weighted by Crippen LogP contribution is -2.09. The molecular weight excluding hydrogens is 220 g/mol. The van der Waals surface area contributed by atoms with E-state index in [1.807, 2.05) is 12.1 Å². The van der Waals surface area contributed by atoms with Crippen molar-refractivity contribution in [3.05, 3.63) is 35.2 Å². The largest absolute Gasteiger partial charge is 0.481 e. The maximum Gasteiger partial charge on any atom is 0.306 e. The van der Waals surface area contributed by atoms with Gasteiger partial charge in [0.05, 0.1) is 5.92 Å². The molecule has 2 aromatic rings. The van der Waals surface area contributed by atoms with E-state index < -0.39 is 5.97 Å². The van der Waals surface area contributed by atoms with Crippen LogP contribution in [-0.4, -0.2) is 11.1 Å². The SMILES string of the molecule is CC(CCc1cc2ccccc2s1)C(=O)O. The molecule has 16 heavy (non-hydrogen) atoms. The molecule has 0 saturated heterocycles. The minimum atomic E-state index is -0.707. The standard InChI is InChI=1S/C13H14O2S/c1-9(13(14)15)6-7-11-8-10-4-2-3-5-12(10)16-11/h2-5,8-9H,6-7H2,1H3,(H,14,15). The molecule has 0 radical (unpaired) electrons. The summed E-state index contributed by atoms with van der Waals surface area (Å²) in [5, 5.41) is 10.1. The minimum Gasteiger partial charge on any atom is -0.481 e. The first-order valence-electron chi connectivity index (χ1n) is 5.37. The van der Waals surface area contributed by atoms with Crippen molar-refractivity contribution in [2.75, 3.05) is 0 Å². The molecule has 1 atom stereocenters. The molecule has 0 saturated carbocycles. The minimum absolute atomic E-state index is 0.259. The molecule has 0 aliphatic rings. The lowest BCUT2D eigenvalue weighted by Gasteiger charge is -2.03. The molecule has 0 aliphatic heterocycles. The molecule has 0 fully saturated rings. The van der Waals surface area contributed by atoms with Gasteiger partial charge in [-0.1, -0.05) is 25.1 Å². The molecule has 1 N–H and O–H groups in total. The van der Waals surface area contributed by atoms with Gasteiger partial charge in [-0.25, -0.2) is 0 Å². The summed E-state index contributed by atoms with van der Waals surface area (Å²) in [6.45, 7) is 1.76. The Kier molecular flexibility index (Phi) is 3.25. The predicted molar refractivity (Wildman–Crippen MR) is 66.9 cm³/mol. The number of benzene rings is 1. The third-order valence-corrected chi connectivity index (χ3v) is 3.90. The molecule has 2 nitrogen and oxygen atoms in total. The number of aliphatic carboxylic acids is 1. The van der Waals surface area contributed by atoms with E-state index in [-0.39, 0.29) is 5.92 Å². The van der Waals surface area contributed by atoms with E-state index >= 15 is 0 Å². The lowest BCUT2D eigenvalue weighted by molar-refractivity contribution is -0.141. The topological polar surface area (TPSA) is 37.3 Å². The normalized spacial score (nSPS) is 12.8. The Balaban J connectivity index is 2.07. The van der Waals surface area contributed by atoms with Crippen LogP contribution < -0.4 is 0 Å². The number of hydrogen-bond acceptors (Lipinski definition) is 2. The van der Waals surface area contributed by atoms with Crippen molar-refractivity contribution in [1.29, 1.82) is 0 Å². The summed E-state index contributed by atoms with van der Waals surface area (Å²) in [6.07, 6.45) is 1.56. The van der Waals surface area contributed by atoms with Gasteiger partial charge in [-0.05, 0) is 30.4 Å². The quantitative estimate of drug-likeness (QED) is 0.878. The fraction of sp³-hybridized carbons (Fsp3) is 0.308. The first-order chi connectivity index (χ1) is 7.66. The summed E-state index contributed by atoms with van der Waals surface area (Å²) in [4.78, 5) is 12.0. The number of rotatable bonds is 4.